The van der Waals surface area contributed by atoms with E-state index >= 15 is 0 Å². The molecule has 0 aromatic heterocycles. The predicted octanol–water partition coefficient (Wildman–Crippen LogP) is 4.19. The molecule has 0 aliphatic rings. The Morgan fingerprint density at radius 2 is 1.53 bits per heavy atom. The molecule has 0 atom stereocenters. The molecule has 3 heteroatoms. The zero-order chi connectivity index (χ0) is 11.9. The van der Waals surface area contributed by atoms with Gasteiger partial charge in [-0.1, -0.05) is 32.9 Å². The summed E-state index contributed by atoms with van der Waals surface area (Å²) in [5.41, 5.74) is -0.404. The fourth-order valence-electron chi connectivity index (χ4n) is 1.48. The highest BCUT2D eigenvalue weighted by Gasteiger charge is 2.36. The highest BCUT2D eigenvalue weighted by molar-refractivity contribution is 5.39. The van der Waals surface area contributed by atoms with E-state index in [-0.39, 0.29) is 0 Å². The smallest absolute Gasteiger partial charge is 0.166 e. The summed E-state index contributed by atoms with van der Waals surface area (Å²) in [4.78, 5) is 0. The van der Waals surface area contributed by atoms with Crippen molar-refractivity contribution in [1.82, 2.24) is 0 Å². The van der Waals surface area contributed by atoms with Crippen LogP contribution in [0.4, 0.5) is 13.2 Å². The molecule has 0 nitrogen and oxygen atoms in total. The van der Waals surface area contributed by atoms with Crippen molar-refractivity contribution in [2.75, 3.05) is 0 Å². The Morgan fingerprint density at radius 1 is 1.00 bits per heavy atom. The van der Waals surface area contributed by atoms with Crippen LogP contribution in [0.15, 0.2) is 18.2 Å². The van der Waals surface area contributed by atoms with Crippen molar-refractivity contribution in [2.24, 2.45) is 0 Å². The van der Waals surface area contributed by atoms with Crippen LogP contribution >= 0.6 is 0 Å². The van der Waals surface area contributed by atoms with Gasteiger partial charge in [-0.15, -0.1) is 0 Å². The van der Waals surface area contributed by atoms with Gasteiger partial charge in [0, 0.05) is 0 Å². The molecule has 0 saturated carbocycles. The van der Waals surface area contributed by atoms with Gasteiger partial charge in [-0.05, 0) is 29.5 Å². The predicted molar refractivity (Wildman–Crippen MR) is 54.6 cm³/mol. The number of hydrogen-bond donors (Lipinski definition) is 0. The van der Waals surface area contributed by atoms with E-state index < -0.39 is 17.2 Å². The molecule has 0 spiro atoms. The molecule has 15 heavy (non-hydrogen) atoms. The normalized spacial score (nSPS) is 13.0. The molecule has 0 heterocycles. The Morgan fingerprint density at radius 3 is 1.93 bits per heavy atom. The van der Waals surface area contributed by atoms with Gasteiger partial charge in [0.05, 0.1) is 5.56 Å². The van der Waals surface area contributed by atoms with Crippen molar-refractivity contribution >= 4 is 0 Å². The van der Waals surface area contributed by atoms with Gasteiger partial charge in [0.15, 0.2) is 0 Å². The molecule has 1 rings (SSSR count). The molecule has 0 bridgehead atoms. The molecule has 0 N–H and O–H groups in total. The van der Waals surface area contributed by atoms with Crippen molar-refractivity contribution < 1.29 is 13.2 Å². The maximum Gasteiger partial charge on any atom is 0.416 e. The first kappa shape index (κ1) is 12.1. The largest absolute Gasteiger partial charge is 0.416 e. The lowest BCUT2D eigenvalue weighted by Gasteiger charge is -2.24. The summed E-state index contributed by atoms with van der Waals surface area (Å²) in [6.45, 7) is 8.81. The lowest BCUT2D eigenvalue weighted by atomic mass is 9.83. The van der Waals surface area contributed by atoms with E-state index in [0.29, 0.717) is 11.1 Å². The van der Waals surface area contributed by atoms with Crippen LogP contribution < -0.4 is 0 Å². The van der Waals surface area contributed by atoms with Gasteiger partial charge in [-0.3, -0.25) is 0 Å². The molecule has 1 aromatic rings. The van der Waals surface area contributed by atoms with Crippen LogP contribution in [0.3, 0.4) is 0 Å². The van der Waals surface area contributed by atoms with Crippen molar-refractivity contribution in [3.63, 3.8) is 0 Å². The van der Waals surface area contributed by atoms with Crippen LogP contribution in [-0.4, -0.2) is 0 Å². The molecule has 1 aromatic carbocycles. The fraction of sp³-hybridized carbons (Fsp3) is 0.417. The van der Waals surface area contributed by atoms with E-state index in [2.05, 4.69) is 6.92 Å². The first-order chi connectivity index (χ1) is 6.62. The van der Waals surface area contributed by atoms with E-state index in [9.17, 15) is 13.2 Å². The molecule has 83 valence electrons. The van der Waals surface area contributed by atoms with Crippen molar-refractivity contribution in [3.05, 3.63) is 41.8 Å². The van der Waals surface area contributed by atoms with Gasteiger partial charge in [-0.25, -0.2) is 0 Å². The Balaban J connectivity index is 3.41. The maximum atomic E-state index is 12.7. The van der Waals surface area contributed by atoms with Crippen LogP contribution in [0, 0.1) is 6.92 Å². The van der Waals surface area contributed by atoms with Crippen LogP contribution in [0.5, 0.6) is 0 Å². The molecular formula is C12H14F3. The molecule has 0 aliphatic heterocycles. The molecule has 0 aliphatic carbocycles. The Labute approximate surface area is 88.1 Å². The lowest BCUT2D eigenvalue weighted by Crippen LogP contribution is -2.19. The third-order valence-corrected chi connectivity index (χ3v) is 2.20. The maximum absolute atomic E-state index is 12.7. The summed E-state index contributed by atoms with van der Waals surface area (Å²) in [5.74, 6) is 0. The van der Waals surface area contributed by atoms with Crippen LogP contribution in [0.25, 0.3) is 0 Å². The van der Waals surface area contributed by atoms with Gasteiger partial charge in [0.2, 0.25) is 0 Å². The van der Waals surface area contributed by atoms with Crippen molar-refractivity contribution in [1.29, 1.82) is 0 Å². The van der Waals surface area contributed by atoms with Gasteiger partial charge < -0.3 is 0 Å². The number of alkyl halides is 3. The van der Waals surface area contributed by atoms with Gasteiger partial charge in [-0.2, -0.15) is 13.2 Å². The summed E-state index contributed by atoms with van der Waals surface area (Å²) in [6.07, 6.45) is -4.31. The van der Waals surface area contributed by atoms with E-state index in [1.165, 1.54) is 6.07 Å². The van der Waals surface area contributed by atoms with E-state index in [0.717, 1.165) is 6.07 Å². The lowest BCUT2D eigenvalue weighted by molar-refractivity contribution is -0.138. The van der Waals surface area contributed by atoms with E-state index in [1.807, 2.05) is 0 Å². The molecular weight excluding hydrogens is 201 g/mol. The zero-order valence-corrected chi connectivity index (χ0v) is 9.07. The minimum atomic E-state index is -4.31. The SMILES string of the molecule is [CH2]c1ccc(C(C)(C)C)c(C(F)(F)F)c1. The number of hydrogen-bond acceptors (Lipinski definition) is 0. The first-order valence-corrected chi connectivity index (χ1v) is 4.66. The highest BCUT2D eigenvalue weighted by Crippen LogP contribution is 2.37. The number of rotatable bonds is 0. The third-order valence-electron chi connectivity index (χ3n) is 2.20. The summed E-state index contributed by atoms with van der Waals surface area (Å²) in [6, 6.07) is 4.21. The Bertz CT molecular complexity index is 356. The molecule has 0 unspecified atom stereocenters. The van der Waals surface area contributed by atoms with Crippen LogP contribution in [0.1, 0.15) is 37.5 Å². The Kier molecular flexibility index (Phi) is 2.85. The van der Waals surface area contributed by atoms with Crippen LogP contribution in [0.2, 0.25) is 0 Å². The summed E-state index contributed by atoms with van der Waals surface area (Å²) in [5, 5.41) is 0. The number of benzene rings is 1. The molecule has 1 radical (unpaired) electrons. The zero-order valence-electron chi connectivity index (χ0n) is 9.07. The minimum absolute atomic E-state index is 0.308. The van der Waals surface area contributed by atoms with E-state index in [1.54, 1.807) is 26.8 Å². The standard InChI is InChI=1S/C12H14F3/c1-8-5-6-9(11(2,3)4)10(7-8)12(13,14)15/h5-7H,1H2,2-4H3. The molecule has 0 fully saturated rings. The van der Waals surface area contributed by atoms with Crippen LogP contribution in [-0.2, 0) is 11.6 Å². The van der Waals surface area contributed by atoms with E-state index in [4.69, 9.17) is 0 Å². The minimum Gasteiger partial charge on any atom is -0.166 e. The fourth-order valence-corrected chi connectivity index (χ4v) is 1.48. The average molecular weight is 215 g/mol. The molecule has 0 amide bonds. The Hall–Kier alpha value is -0.990. The second-order valence-electron chi connectivity index (χ2n) is 4.63. The first-order valence-electron chi connectivity index (χ1n) is 4.66. The average Bonchev–Trinajstić information content (AvgIpc) is 2.00. The van der Waals surface area contributed by atoms with Gasteiger partial charge >= 0.3 is 6.18 Å². The van der Waals surface area contributed by atoms with Gasteiger partial charge in [0.1, 0.15) is 0 Å². The second-order valence-corrected chi connectivity index (χ2v) is 4.63. The molecule has 0 saturated heterocycles. The third kappa shape index (κ3) is 2.74. The van der Waals surface area contributed by atoms with Gasteiger partial charge in [0.25, 0.3) is 0 Å². The summed E-state index contributed by atoms with van der Waals surface area (Å²) in [7, 11) is 0. The summed E-state index contributed by atoms with van der Waals surface area (Å²) >= 11 is 0. The topological polar surface area (TPSA) is 0 Å². The second kappa shape index (κ2) is 3.54. The summed E-state index contributed by atoms with van der Waals surface area (Å²) < 4.78 is 38.2. The van der Waals surface area contributed by atoms with Crippen molar-refractivity contribution in [3.8, 4) is 0 Å². The number of halogens is 3. The van der Waals surface area contributed by atoms with Crippen molar-refractivity contribution in [2.45, 2.75) is 32.4 Å². The highest BCUT2D eigenvalue weighted by atomic mass is 19.4. The monoisotopic (exact) mass is 215 g/mol. The quantitative estimate of drug-likeness (QED) is 0.608.